The van der Waals surface area contributed by atoms with E-state index in [0.717, 1.165) is 42.1 Å². The van der Waals surface area contributed by atoms with Crippen molar-refractivity contribution in [1.29, 1.82) is 0 Å². The average Bonchev–Trinajstić information content (AvgIpc) is 3.51. The number of aromatic nitrogens is 3. The van der Waals surface area contributed by atoms with Crippen molar-refractivity contribution in [3.05, 3.63) is 82.6 Å². The molecule has 2 aliphatic heterocycles. The zero-order chi connectivity index (χ0) is 26.4. The lowest BCUT2D eigenvalue weighted by Crippen LogP contribution is -2.31. The van der Waals surface area contributed by atoms with Crippen molar-refractivity contribution in [1.82, 2.24) is 19.9 Å². The van der Waals surface area contributed by atoms with Gasteiger partial charge < -0.3 is 25.2 Å². The summed E-state index contributed by atoms with van der Waals surface area (Å²) >= 11 is 6.63. The number of hydrogen-bond acceptors (Lipinski definition) is 6. The summed E-state index contributed by atoms with van der Waals surface area (Å²) in [4.78, 5) is 28.6. The van der Waals surface area contributed by atoms with Gasteiger partial charge in [0.1, 0.15) is 5.02 Å². The van der Waals surface area contributed by atoms with Gasteiger partial charge in [-0.1, -0.05) is 36.7 Å². The van der Waals surface area contributed by atoms with E-state index in [9.17, 15) is 9.90 Å². The zero-order valence-electron chi connectivity index (χ0n) is 21.3. The molecule has 0 fully saturated rings. The maximum absolute atomic E-state index is 11.7. The van der Waals surface area contributed by atoms with Crippen LogP contribution in [0, 0.1) is 0 Å². The van der Waals surface area contributed by atoms with Crippen LogP contribution in [-0.4, -0.2) is 51.1 Å². The molecule has 2 aromatic heterocycles. The number of carboxylic acids is 1. The maximum Gasteiger partial charge on any atom is 0.304 e. The van der Waals surface area contributed by atoms with E-state index in [1.807, 2.05) is 48.4 Å². The highest BCUT2D eigenvalue weighted by atomic mass is 35.5. The number of carbonyl (C=O) groups is 1. The lowest BCUT2D eigenvalue weighted by atomic mass is 9.81. The number of para-hydroxylation sites is 1. The first-order valence-corrected chi connectivity index (χ1v) is 13.0. The fourth-order valence-corrected chi connectivity index (χ4v) is 5.99. The zero-order valence-corrected chi connectivity index (χ0v) is 22.1. The first-order valence-electron chi connectivity index (χ1n) is 12.7. The lowest BCUT2D eigenvalue weighted by molar-refractivity contribution is -0.138. The largest absolute Gasteiger partial charge is 0.481 e. The van der Waals surface area contributed by atoms with Crippen molar-refractivity contribution in [3.63, 3.8) is 0 Å². The first-order chi connectivity index (χ1) is 18.3. The van der Waals surface area contributed by atoms with Gasteiger partial charge in [0.05, 0.1) is 12.6 Å². The number of rotatable bonds is 6. The predicted molar refractivity (Wildman–Crippen MR) is 150 cm³/mol. The Labute approximate surface area is 226 Å². The van der Waals surface area contributed by atoms with Crippen LogP contribution >= 0.6 is 11.6 Å². The molecule has 1 unspecified atom stereocenters. The molecule has 0 saturated carbocycles. The van der Waals surface area contributed by atoms with Crippen LogP contribution in [0.25, 0.3) is 11.3 Å². The number of aliphatic carboxylic acids is 1. The van der Waals surface area contributed by atoms with E-state index in [0.29, 0.717) is 23.3 Å². The molecular weight excluding hydrogens is 500 g/mol. The number of benzene rings is 2. The Bertz CT molecular complexity index is 1520. The van der Waals surface area contributed by atoms with Gasteiger partial charge in [0.2, 0.25) is 5.95 Å². The molecule has 0 aliphatic carbocycles. The van der Waals surface area contributed by atoms with Gasteiger partial charge in [-0.25, -0.2) is 4.98 Å². The summed E-state index contributed by atoms with van der Waals surface area (Å²) in [6.45, 7) is 4.32. The lowest BCUT2D eigenvalue weighted by Gasteiger charge is -2.27. The molecule has 38 heavy (non-hydrogen) atoms. The van der Waals surface area contributed by atoms with E-state index >= 15 is 0 Å². The van der Waals surface area contributed by atoms with E-state index in [4.69, 9.17) is 16.6 Å². The third-order valence-corrected chi connectivity index (χ3v) is 7.81. The number of fused-ring (bicyclic) bond motifs is 2. The molecule has 4 aromatic rings. The smallest absolute Gasteiger partial charge is 0.304 e. The minimum Gasteiger partial charge on any atom is -0.481 e. The van der Waals surface area contributed by atoms with Gasteiger partial charge in [-0.3, -0.25) is 4.79 Å². The molecule has 0 spiro atoms. The molecule has 0 saturated heterocycles. The van der Waals surface area contributed by atoms with Gasteiger partial charge in [0.25, 0.3) is 0 Å². The maximum atomic E-state index is 11.7. The van der Waals surface area contributed by atoms with Crippen LogP contribution in [0.1, 0.15) is 30.0 Å². The van der Waals surface area contributed by atoms with Crippen LogP contribution in [-0.2, 0) is 23.2 Å². The van der Waals surface area contributed by atoms with E-state index in [2.05, 4.69) is 45.4 Å². The number of hydrogen-bond donors (Lipinski definition) is 3. The van der Waals surface area contributed by atoms with E-state index in [-0.39, 0.29) is 6.42 Å². The van der Waals surface area contributed by atoms with Crippen LogP contribution in [0.2, 0.25) is 5.02 Å². The second kappa shape index (κ2) is 9.45. The summed E-state index contributed by atoms with van der Waals surface area (Å²) in [7, 11) is 2.14. The highest BCUT2D eigenvalue weighted by molar-refractivity contribution is 6.33. The molecule has 9 heteroatoms. The van der Waals surface area contributed by atoms with Crippen molar-refractivity contribution >= 4 is 40.7 Å². The fourth-order valence-electron chi connectivity index (χ4n) is 5.80. The highest BCUT2D eigenvalue weighted by Crippen LogP contribution is 2.47. The molecular formula is C29H29ClN6O2. The molecule has 0 bridgehead atoms. The molecule has 194 valence electrons. The molecule has 2 aliphatic rings. The molecule has 0 amide bonds. The minimum atomic E-state index is -0.837. The number of nitrogens with one attached hydrogen (secondary N) is 2. The number of halogens is 1. The summed E-state index contributed by atoms with van der Waals surface area (Å²) < 4.78 is 0. The number of H-pyrrole nitrogens is 1. The van der Waals surface area contributed by atoms with Gasteiger partial charge in [-0.15, -0.1) is 0 Å². The van der Waals surface area contributed by atoms with Gasteiger partial charge >= 0.3 is 5.97 Å². The number of anilines is 4. The van der Waals surface area contributed by atoms with E-state index < -0.39 is 11.4 Å². The quantitative estimate of drug-likeness (QED) is 0.293. The summed E-state index contributed by atoms with van der Waals surface area (Å²) in [5.41, 5.74) is 7.11. The standard InChI is InChI=1S/C29H29ClN6O2/c1-29(14-26(37)38)17-36(25-8-4-3-6-22(25)29)27-23(30)15-32-28(34-27)33-19-12-18-16-35(2)11-9-20(18)21(13-19)24-7-5-10-31-24/h3-8,10,12-13,15,31H,9,11,14,16-17H2,1-2H3,(H,37,38)(H,32,33,34). The number of nitrogens with zero attached hydrogens (tertiary/aromatic N) is 4. The van der Waals surface area contributed by atoms with Gasteiger partial charge in [0.15, 0.2) is 5.82 Å². The number of carboxylic acid groups (broad SMARTS) is 1. The molecule has 0 radical (unpaired) electrons. The van der Waals surface area contributed by atoms with E-state index in [1.54, 1.807) is 6.20 Å². The summed E-state index contributed by atoms with van der Waals surface area (Å²) in [5, 5.41) is 13.4. The number of aromatic amines is 1. The third-order valence-electron chi connectivity index (χ3n) is 7.55. The Balaban J connectivity index is 1.37. The monoisotopic (exact) mass is 528 g/mol. The second-order valence-corrected chi connectivity index (χ2v) is 10.9. The molecule has 3 N–H and O–H groups in total. The molecule has 2 aromatic carbocycles. The summed E-state index contributed by atoms with van der Waals surface area (Å²) in [6, 6.07) is 16.3. The Hall–Kier alpha value is -3.88. The van der Waals surface area contributed by atoms with Crippen molar-refractivity contribution < 1.29 is 9.90 Å². The Morgan fingerprint density at radius 1 is 1.24 bits per heavy atom. The minimum absolute atomic E-state index is 0.0133. The normalized spacial score (nSPS) is 18.8. The Kier molecular flexibility index (Phi) is 6.08. The van der Waals surface area contributed by atoms with Crippen LogP contribution in [0.5, 0.6) is 0 Å². The fraction of sp³-hybridized carbons (Fsp3) is 0.276. The first kappa shape index (κ1) is 24.5. The van der Waals surface area contributed by atoms with Crippen molar-refractivity contribution in [2.24, 2.45) is 0 Å². The van der Waals surface area contributed by atoms with Crippen molar-refractivity contribution in [3.8, 4) is 11.3 Å². The topological polar surface area (TPSA) is 97.4 Å². The van der Waals surface area contributed by atoms with Crippen LogP contribution < -0.4 is 10.2 Å². The van der Waals surface area contributed by atoms with Gasteiger partial charge in [0, 0.05) is 53.9 Å². The van der Waals surface area contributed by atoms with Crippen LogP contribution in [0.3, 0.4) is 0 Å². The Morgan fingerprint density at radius 3 is 2.87 bits per heavy atom. The number of likely N-dealkylation sites (N-methyl/N-ethyl adjacent to an activating group) is 1. The van der Waals surface area contributed by atoms with E-state index in [1.165, 1.54) is 16.7 Å². The molecule has 6 rings (SSSR count). The molecule has 1 atom stereocenters. The summed E-state index contributed by atoms with van der Waals surface area (Å²) in [5.74, 6) is 0.138. The SMILES string of the molecule is CN1CCc2c(cc(Nc3ncc(Cl)c(N4CC(C)(CC(=O)O)c5ccccc54)n3)cc2-c2ccc[nH]2)C1. The molecule has 4 heterocycles. The predicted octanol–water partition coefficient (Wildman–Crippen LogP) is 5.74. The van der Waals surface area contributed by atoms with Gasteiger partial charge in [-0.2, -0.15) is 4.98 Å². The second-order valence-electron chi connectivity index (χ2n) is 10.5. The van der Waals surface area contributed by atoms with Crippen LogP contribution in [0.15, 0.2) is 60.9 Å². The van der Waals surface area contributed by atoms with Crippen molar-refractivity contribution in [2.45, 2.75) is 31.7 Å². The highest BCUT2D eigenvalue weighted by Gasteiger charge is 2.42. The van der Waals surface area contributed by atoms with Crippen molar-refractivity contribution in [2.75, 3.05) is 30.4 Å². The summed E-state index contributed by atoms with van der Waals surface area (Å²) in [6.07, 6.45) is 4.54. The third kappa shape index (κ3) is 4.40. The molecule has 8 nitrogen and oxygen atoms in total. The van der Waals surface area contributed by atoms with Gasteiger partial charge in [-0.05, 0) is 60.5 Å². The average molecular weight is 529 g/mol. The van der Waals surface area contributed by atoms with Crippen LogP contribution in [0.4, 0.5) is 23.1 Å². The Morgan fingerprint density at radius 2 is 2.08 bits per heavy atom.